The molecule has 2 aromatic carbocycles. The second kappa shape index (κ2) is 9.60. The van der Waals surface area contributed by atoms with Crippen molar-refractivity contribution < 1.29 is 23.5 Å². The number of carbonyl (C=O) groups is 3. The minimum Gasteiger partial charge on any atom is -0.483 e. The topological polar surface area (TPSA) is 101 Å². The maximum absolute atomic E-state index is 13.0. The Morgan fingerprint density at radius 1 is 1.03 bits per heavy atom. The standard InChI is InChI=1S/C25H25N3O5/c1-16-9-10-17(2)22(12-16)33-15-23(29)26-27-24(30)20-13-18-6-3-4-7-19(18)14-28(20)25(31)21-8-5-11-32-21/h3-12,20H,13-15H2,1-2H3,(H,26,29)(H,27,30). The van der Waals surface area contributed by atoms with Gasteiger partial charge in [-0.15, -0.1) is 0 Å². The van der Waals surface area contributed by atoms with E-state index in [1.54, 1.807) is 12.1 Å². The van der Waals surface area contributed by atoms with Crippen LogP contribution < -0.4 is 15.6 Å². The quantitative estimate of drug-likeness (QED) is 0.586. The Hall–Kier alpha value is -4.07. The first kappa shape index (κ1) is 22.1. The average molecular weight is 447 g/mol. The fraction of sp³-hybridized carbons (Fsp3) is 0.240. The lowest BCUT2D eigenvalue weighted by Gasteiger charge is -2.35. The molecule has 1 atom stereocenters. The number of carbonyl (C=O) groups excluding carboxylic acids is 3. The predicted molar refractivity (Wildman–Crippen MR) is 120 cm³/mol. The molecule has 0 radical (unpaired) electrons. The fourth-order valence-corrected chi connectivity index (χ4v) is 3.77. The summed E-state index contributed by atoms with van der Waals surface area (Å²) in [4.78, 5) is 39.7. The largest absolute Gasteiger partial charge is 0.483 e. The highest BCUT2D eigenvalue weighted by Gasteiger charge is 2.36. The van der Waals surface area contributed by atoms with E-state index in [1.807, 2.05) is 56.3 Å². The van der Waals surface area contributed by atoms with Crippen LogP contribution in [0.1, 0.15) is 32.8 Å². The number of nitrogens with zero attached hydrogens (tertiary/aromatic N) is 1. The van der Waals surface area contributed by atoms with Gasteiger partial charge in [-0.05, 0) is 54.3 Å². The zero-order valence-corrected chi connectivity index (χ0v) is 18.5. The Kier molecular flexibility index (Phi) is 6.44. The molecule has 0 bridgehead atoms. The van der Waals surface area contributed by atoms with E-state index in [2.05, 4.69) is 10.9 Å². The summed E-state index contributed by atoms with van der Waals surface area (Å²) in [5, 5.41) is 0. The highest BCUT2D eigenvalue weighted by molar-refractivity contribution is 5.96. The van der Waals surface area contributed by atoms with Crippen molar-refractivity contribution in [3.63, 3.8) is 0 Å². The summed E-state index contributed by atoms with van der Waals surface area (Å²) in [6, 6.07) is 15.7. The van der Waals surface area contributed by atoms with Crippen LogP contribution in [0.25, 0.3) is 0 Å². The number of furan rings is 1. The van der Waals surface area contributed by atoms with Gasteiger partial charge < -0.3 is 14.1 Å². The van der Waals surface area contributed by atoms with Gasteiger partial charge in [-0.25, -0.2) is 0 Å². The number of ether oxygens (including phenoxy) is 1. The van der Waals surface area contributed by atoms with Crippen molar-refractivity contribution in [2.45, 2.75) is 32.9 Å². The van der Waals surface area contributed by atoms with Crippen molar-refractivity contribution >= 4 is 17.7 Å². The highest BCUT2D eigenvalue weighted by atomic mass is 16.5. The van der Waals surface area contributed by atoms with Gasteiger partial charge >= 0.3 is 0 Å². The Labute approximate surface area is 191 Å². The third kappa shape index (κ3) is 5.06. The summed E-state index contributed by atoms with van der Waals surface area (Å²) in [7, 11) is 0. The third-order valence-electron chi connectivity index (χ3n) is 5.57. The van der Waals surface area contributed by atoms with E-state index in [1.165, 1.54) is 11.2 Å². The molecule has 1 aliphatic heterocycles. The number of nitrogens with one attached hydrogen (secondary N) is 2. The SMILES string of the molecule is Cc1ccc(C)c(OCC(=O)NNC(=O)C2Cc3ccccc3CN2C(=O)c2ccco2)c1. The molecule has 3 amide bonds. The van der Waals surface area contributed by atoms with Gasteiger partial charge in [0.2, 0.25) is 0 Å². The second-order valence-corrected chi connectivity index (χ2v) is 7.99. The Bertz CT molecular complexity index is 1170. The van der Waals surface area contributed by atoms with Crippen LogP contribution in [-0.2, 0) is 22.6 Å². The lowest BCUT2D eigenvalue weighted by atomic mass is 9.93. The van der Waals surface area contributed by atoms with Gasteiger partial charge in [-0.3, -0.25) is 25.2 Å². The van der Waals surface area contributed by atoms with Gasteiger partial charge in [-0.1, -0.05) is 36.4 Å². The molecule has 170 valence electrons. The second-order valence-electron chi connectivity index (χ2n) is 7.99. The molecule has 8 heteroatoms. The van der Waals surface area contributed by atoms with Crippen molar-refractivity contribution in [2.75, 3.05) is 6.61 Å². The van der Waals surface area contributed by atoms with Crippen LogP contribution in [0.5, 0.6) is 5.75 Å². The van der Waals surface area contributed by atoms with E-state index in [0.717, 1.165) is 22.3 Å². The number of aryl methyl sites for hydroxylation is 2. The number of fused-ring (bicyclic) bond motifs is 1. The van der Waals surface area contributed by atoms with Gasteiger partial charge in [0.25, 0.3) is 17.7 Å². The summed E-state index contributed by atoms with van der Waals surface area (Å²) in [6.45, 7) is 3.83. The number of hydrazine groups is 1. The van der Waals surface area contributed by atoms with Crippen molar-refractivity contribution in [2.24, 2.45) is 0 Å². The summed E-state index contributed by atoms with van der Waals surface area (Å²) in [5.74, 6) is -0.637. The predicted octanol–water partition coefficient (Wildman–Crippen LogP) is 2.69. The van der Waals surface area contributed by atoms with Crippen LogP contribution in [-0.4, -0.2) is 35.3 Å². The van der Waals surface area contributed by atoms with Crippen molar-refractivity contribution in [3.05, 3.63) is 88.9 Å². The van der Waals surface area contributed by atoms with E-state index in [-0.39, 0.29) is 24.8 Å². The number of benzene rings is 2. The van der Waals surface area contributed by atoms with Crippen LogP contribution >= 0.6 is 0 Å². The molecule has 4 rings (SSSR count). The smallest absolute Gasteiger partial charge is 0.290 e. The van der Waals surface area contributed by atoms with Crippen LogP contribution in [0.4, 0.5) is 0 Å². The molecule has 33 heavy (non-hydrogen) atoms. The maximum Gasteiger partial charge on any atom is 0.290 e. The zero-order chi connectivity index (χ0) is 23.4. The van der Waals surface area contributed by atoms with Gasteiger partial charge in [0.15, 0.2) is 12.4 Å². The first-order valence-corrected chi connectivity index (χ1v) is 10.6. The molecule has 2 N–H and O–H groups in total. The van der Waals surface area contributed by atoms with E-state index >= 15 is 0 Å². The summed E-state index contributed by atoms with van der Waals surface area (Å²) in [5.41, 5.74) is 8.68. The van der Waals surface area contributed by atoms with Gasteiger partial charge in [0, 0.05) is 13.0 Å². The lowest BCUT2D eigenvalue weighted by Crippen LogP contribution is -2.56. The van der Waals surface area contributed by atoms with Gasteiger partial charge in [0.1, 0.15) is 11.8 Å². The van der Waals surface area contributed by atoms with Crippen LogP contribution in [0.3, 0.4) is 0 Å². The average Bonchev–Trinajstić information content (AvgIpc) is 3.37. The maximum atomic E-state index is 13.0. The molecular weight excluding hydrogens is 422 g/mol. The number of amides is 3. The summed E-state index contributed by atoms with van der Waals surface area (Å²) >= 11 is 0. The molecule has 0 fully saturated rings. The van der Waals surface area contributed by atoms with Gasteiger partial charge in [-0.2, -0.15) is 0 Å². The lowest BCUT2D eigenvalue weighted by molar-refractivity contribution is -0.132. The van der Waals surface area contributed by atoms with Crippen LogP contribution in [0, 0.1) is 13.8 Å². The van der Waals surface area contributed by atoms with Crippen molar-refractivity contribution in [1.29, 1.82) is 0 Å². The summed E-state index contributed by atoms with van der Waals surface area (Å²) < 4.78 is 10.8. The molecular formula is C25H25N3O5. The number of hydrogen-bond acceptors (Lipinski definition) is 5. The molecule has 1 aromatic heterocycles. The zero-order valence-electron chi connectivity index (χ0n) is 18.5. The monoisotopic (exact) mass is 447 g/mol. The summed E-state index contributed by atoms with van der Waals surface area (Å²) in [6.07, 6.45) is 1.74. The van der Waals surface area contributed by atoms with E-state index in [4.69, 9.17) is 9.15 Å². The van der Waals surface area contributed by atoms with E-state index < -0.39 is 17.9 Å². The third-order valence-corrected chi connectivity index (χ3v) is 5.57. The van der Waals surface area contributed by atoms with Gasteiger partial charge in [0.05, 0.1) is 6.26 Å². The Morgan fingerprint density at radius 3 is 2.58 bits per heavy atom. The molecule has 1 aliphatic rings. The first-order chi connectivity index (χ1) is 15.9. The normalized spacial score (nSPS) is 14.8. The molecule has 0 spiro atoms. The highest BCUT2D eigenvalue weighted by Crippen LogP contribution is 2.25. The molecule has 0 aliphatic carbocycles. The first-order valence-electron chi connectivity index (χ1n) is 10.6. The van der Waals surface area contributed by atoms with E-state index in [0.29, 0.717) is 12.2 Å². The number of rotatable bonds is 5. The van der Waals surface area contributed by atoms with E-state index in [9.17, 15) is 14.4 Å². The molecule has 3 aromatic rings. The molecule has 2 heterocycles. The Morgan fingerprint density at radius 2 is 1.82 bits per heavy atom. The van der Waals surface area contributed by atoms with Crippen molar-refractivity contribution in [3.8, 4) is 5.75 Å². The number of hydrogen-bond donors (Lipinski definition) is 2. The molecule has 1 unspecified atom stereocenters. The fourth-order valence-electron chi connectivity index (χ4n) is 3.77. The molecule has 8 nitrogen and oxygen atoms in total. The van der Waals surface area contributed by atoms with Crippen LogP contribution in [0.2, 0.25) is 0 Å². The van der Waals surface area contributed by atoms with Crippen LogP contribution in [0.15, 0.2) is 65.3 Å². The Balaban J connectivity index is 1.41. The minimum absolute atomic E-state index is 0.151. The molecule has 0 saturated carbocycles. The minimum atomic E-state index is -0.808. The molecule has 0 saturated heterocycles. The van der Waals surface area contributed by atoms with Crippen molar-refractivity contribution in [1.82, 2.24) is 15.8 Å².